The van der Waals surface area contributed by atoms with Crippen molar-refractivity contribution in [3.8, 4) is 0 Å². The van der Waals surface area contributed by atoms with Crippen LogP contribution in [0.25, 0.3) is 11.1 Å². The van der Waals surface area contributed by atoms with E-state index in [1.807, 2.05) is 19.9 Å². The van der Waals surface area contributed by atoms with Gasteiger partial charge < -0.3 is 10.5 Å². The smallest absolute Gasteiger partial charge is 0.134 e. The first kappa shape index (κ1) is 36.6. The second-order valence-corrected chi connectivity index (χ2v) is 11.5. The van der Waals surface area contributed by atoms with Crippen molar-refractivity contribution in [3.05, 3.63) is 143 Å². The summed E-state index contributed by atoms with van der Waals surface area (Å²) in [5.74, 6) is 2.34. The van der Waals surface area contributed by atoms with E-state index in [0.29, 0.717) is 0 Å². The molecule has 0 saturated carbocycles. The van der Waals surface area contributed by atoms with Crippen LogP contribution in [0, 0.1) is 5.92 Å². The fraction of sp³-hybridized carbons (Fsp3) is 0.381. The maximum Gasteiger partial charge on any atom is 0.134 e. The molecular weight excluding hydrogens is 534 g/mol. The lowest BCUT2D eigenvalue weighted by Crippen LogP contribution is -2.15. The molecule has 0 saturated heterocycles. The highest BCUT2D eigenvalue weighted by Crippen LogP contribution is 2.51. The Kier molecular flexibility index (Phi) is 14.6. The lowest BCUT2D eigenvalue weighted by atomic mass is 9.76. The molecule has 2 aliphatic carbocycles. The molecule has 2 aromatic rings. The normalized spacial score (nSPS) is 19.6. The SMILES string of the molecule is C=C/C=C1\Cc2c(C(=CC)C3CC=C(c4ccccc4)C4=C3C/C(=C\C(=C)CC)O4)cccc2C1(C)C.CC.CCC.CN. The highest BCUT2D eigenvalue weighted by Gasteiger charge is 2.39. The van der Waals surface area contributed by atoms with Crippen LogP contribution >= 0.6 is 0 Å². The van der Waals surface area contributed by atoms with E-state index < -0.39 is 0 Å². The van der Waals surface area contributed by atoms with Crippen molar-refractivity contribution in [2.24, 2.45) is 11.7 Å². The van der Waals surface area contributed by atoms with Gasteiger partial charge in [0, 0.05) is 23.3 Å². The van der Waals surface area contributed by atoms with Gasteiger partial charge in [-0.2, -0.15) is 0 Å². The third-order valence-electron chi connectivity index (χ3n) is 8.35. The molecule has 0 amide bonds. The molecule has 2 aromatic carbocycles. The Hall–Kier alpha value is -3.62. The van der Waals surface area contributed by atoms with Crippen molar-refractivity contribution in [2.75, 3.05) is 7.05 Å². The molecule has 1 unspecified atom stereocenters. The van der Waals surface area contributed by atoms with Gasteiger partial charge >= 0.3 is 0 Å². The third kappa shape index (κ3) is 7.90. The second kappa shape index (κ2) is 17.6. The molecule has 2 heteroatoms. The summed E-state index contributed by atoms with van der Waals surface area (Å²) < 4.78 is 6.60. The average Bonchev–Trinajstić information content (AvgIpc) is 3.58. The van der Waals surface area contributed by atoms with Gasteiger partial charge in [-0.25, -0.2) is 0 Å². The summed E-state index contributed by atoms with van der Waals surface area (Å²) in [5, 5.41) is 0. The number of nitrogens with two attached hydrogens (primary N) is 1. The number of fused-ring (bicyclic) bond motifs is 1. The predicted molar refractivity (Wildman–Crippen MR) is 195 cm³/mol. The van der Waals surface area contributed by atoms with E-state index in [0.717, 1.165) is 42.8 Å². The van der Waals surface area contributed by atoms with E-state index >= 15 is 0 Å². The molecule has 2 nitrogen and oxygen atoms in total. The quantitative estimate of drug-likeness (QED) is 0.363. The Balaban J connectivity index is 0.000000893. The van der Waals surface area contributed by atoms with Crippen molar-refractivity contribution in [1.82, 2.24) is 0 Å². The van der Waals surface area contributed by atoms with Gasteiger partial charge in [0.25, 0.3) is 0 Å². The summed E-state index contributed by atoms with van der Waals surface area (Å²) in [4.78, 5) is 0. The molecule has 1 heterocycles. The Bertz CT molecular complexity index is 1430. The van der Waals surface area contributed by atoms with E-state index in [-0.39, 0.29) is 11.3 Å². The van der Waals surface area contributed by atoms with E-state index in [2.05, 4.69) is 133 Å². The molecule has 236 valence electrons. The van der Waals surface area contributed by atoms with E-state index in [1.54, 1.807) is 0 Å². The molecule has 1 aliphatic heterocycles. The first-order valence-electron chi connectivity index (χ1n) is 16.5. The van der Waals surface area contributed by atoms with Crippen LogP contribution in [0.4, 0.5) is 0 Å². The molecule has 0 bridgehead atoms. The second-order valence-electron chi connectivity index (χ2n) is 11.5. The largest absolute Gasteiger partial charge is 0.461 e. The fourth-order valence-electron chi connectivity index (χ4n) is 6.24. The summed E-state index contributed by atoms with van der Waals surface area (Å²) in [6, 6.07) is 17.5. The Morgan fingerprint density at radius 1 is 1.00 bits per heavy atom. The number of hydrogen-bond donors (Lipinski definition) is 1. The van der Waals surface area contributed by atoms with Crippen LogP contribution in [0.15, 0.2) is 120 Å². The maximum absolute atomic E-state index is 6.60. The van der Waals surface area contributed by atoms with Crippen LogP contribution < -0.4 is 5.73 Å². The van der Waals surface area contributed by atoms with Crippen LogP contribution in [-0.4, -0.2) is 7.05 Å². The molecule has 0 fully saturated rings. The topological polar surface area (TPSA) is 35.2 Å². The van der Waals surface area contributed by atoms with Crippen LogP contribution in [0.2, 0.25) is 0 Å². The molecule has 1 atom stereocenters. The zero-order valence-electron chi connectivity index (χ0n) is 29.0. The molecule has 0 spiro atoms. The van der Waals surface area contributed by atoms with Gasteiger partial charge in [0.15, 0.2) is 0 Å². The maximum atomic E-state index is 6.60. The summed E-state index contributed by atoms with van der Waals surface area (Å²) in [6.45, 7) is 25.5. The van der Waals surface area contributed by atoms with Gasteiger partial charge in [-0.15, -0.1) is 0 Å². The summed E-state index contributed by atoms with van der Waals surface area (Å²) in [5.41, 5.74) is 16.6. The van der Waals surface area contributed by atoms with E-state index in [4.69, 9.17) is 4.74 Å². The number of allylic oxidation sites excluding steroid dienone is 10. The zero-order valence-corrected chi connectivity index (χ0v) is 29.0. The standard InChI is InChI=1S/C36H38O.C3H8.C2H6.CH5N/c1-7-14-26-22-32-30(17-13-18-34(32)36(26,5)6)28(9-3)31-20-19-29(25-15-11-10-12-16-25)35-33(31)23-27(37-35)21-24(4)8-2;1-3-2;2*1-2/h7,9-19,21,31H,1,4,8,20,22-23H2,2-3,5-6H3;3H2,1-2H3;1-2H3;2H2,1H3/b26-14+,27-21+,28-9?;;;. The van der Waals surface area contributed by atoms with Gasteiger partial charge in [0.1, 0.15) is 11.5 Å². The van der Waals surface area contributed by atoms with Crippen molar-refractivity contribution in [2.45, 2.75) is 92.9 Å². The number of rotatable bonds is 6. The highest BCUT2D eigenvalue weighted by molar-refractivity contribution is 5.84. The van der Waals surface area contributed by atoms with Crippen molar-refractivity contribution >= 4 is 11.1 Å². The fourth-order valence-corrected chi connectivity index (χ4v) is 6.24. The minimum absolute atomic E-state index is 0.0165. The van der Waals surface area contributed by atoms with E-state index in [9.17, 15) is 0 Å². The first-order valence-corrected chi connectivity index (χ1v) is 16.5. The molecule has 44 heavy (non-hydrogen) atoms. The monoisotopic (exact) mass is 591 g/mol. The lowest BCUT2D eigenvalue weighted by molar-refractivity contribution is 0.340. The molecule has 2 N–H and O–H groups in total. The predicted octanol–water partition coefficient (Wildman–Crippen LogP) is 11.7. The van der Waals surface area contributed by atoms with Crippen LogP contribution in [0.1, 0.15) is 103 Å². The Morgan fingerprint density at radius 3 is 2.25 bits per heavy atom. The van der Waals surface area contributed by atoms with Gasteiger partial charge in [-0.1, -0.05) is 152 Å². The molecular formula is C42H57NO. The Morgan fingerprint density at radius 2 is 1.66 bits per heavy atom. The number of benzene rings is 2. The summed E-state index contributed by atoms with van der Waals surface area (Å²) in [6.07, 6.45) is 16.0. The molecule has 0 aromatic heterocycles. The van der Waals surface area contributed by atoms with Crippen LogP contribution in [0.3, 0.4) is 0 Å². The van der Waals surface area contributed by atoms with Gasteiger partial charge in [-0.3, -0.25) is 0 Å². The Labute approximate surface area is 269 Å². The lowest BCUT2D eigenvalue weighted by Gasteiger charge is -2.28. The minimum Gasteiger partial charge on any atom is -0.461 e. The van der Waals surface area contributed by atoms with Crippen LogP contribution in [0.5, 0.6) is 0 Å². The number of ether oxygens (including phenoxy) is 1. The molecule has 0 radical (unpaired) electrons. The minimum atomic E-state index is 0.0165. The summed E-state index contributed by atoms with van der Waals surface area (Å²) >= 11 is 0. The van der Waals surface area contributed by atoms with E-state index in [1.165, 1.54) is 58.0 Å². The van der Waals surface area contributed by atoms with Crippen molar-refractivity contribution in [3.63, 3.8) is 0 Å². The first-order chi connectivity index (χ1) is 21.3. The van der Waals surface area contributed by atoms with Crippen molar-refractivity contribution < 1.29 is 4.74 Å². The summed E-state index contributed by atoms with van der Waals surface area (Å²) in [7, 11) is 1.50. The van der Waals surface area contributed by atoms with Gasteiger partial charge in [-0.05, 0) is 72.7 Å². The highest BCUT2D eigenvalue weighted by atomic mass is 16.5. The van der Waals surface area contributed by atoms with Gasteiger partial charge in [0.05, 0.1) is 0 Å². The third-order valence-corrected chi connectivity index (χ3v) is 8.35. The van der Waals surface area contributed by atoms with Gasteiger partial charge in [0.2, 0.25) is 0 Å². The molecule has 3 aliphatic rings. The number of hydrogen-bond acceptors (Lipinski definition) is 2. The van der Waals surface area contributed by atoms with Crippen molar-refractivity contribution in [1.29, 1.82) is 0 Å². The molecule has 5 rings (SSSR count). The zero-order chi connectivity index (χ0) is 32.9. The average molecular weight is 592 g/mol. The van der Waals surface area contributed by atoms with Crippen LogP contribution in [-0.2, 0) is 16.6 Å².